The first kappa shape index (κ1) is 15.0. The Labute approximate surface area is 117 Å². The van der Waals surface area contributed by atoms with Gasteiger partial charge in [0.15, 0.2) is 0 Å². The minimum Gasteiger partial charge on any atom is -0.492 e. The summed E-state index contributed by atoms with van der Waals surface area (Å²) in [6, 6.07) is 7.70. The van der Waals surface area contributed by atoms with Crippen LogP contribution in [0.15, 0.2) is 28.7 Å². The number of nitrogens with zero attached hydrogens (tertiary/aromatic N) is 2. The molecule has 4 nitrogen and oxygen atoms in total. The molecule has 0 aromatic heterocycles. The number of amides is 1. The monoisotopic (exact) mass is 314 g/mol. The largest absolute Gasteiger partial charge is 0.492 e. The molecule has 0 N–H and O–H groups in total. The van der Waals surface area contributed by atoms with Crippen molar-refractivity contribution in [3.8, 4) is 5.75 Å². The number of halogens is 1. The van der Waals surface area contributed by atoms with Crippen LogP contribution in [0.5, 0.6) is 5.75 Å². The quantitative estimate of drug-likeness (QED) is 0.803. The van der Waals surface area contributed by atoms with Gasteiger partial charge in [-0.1, -0.05) is 15.9 Å². The molecule has 0 heterocycles. The second-order valence-corrected chi connectivity index (χ2v) is 5.24. The van der Waals surface area contributed by atoms with Gasteiger partial charge in [0, 0.05) is 25.1 Å². The van der Waals surface area contributed by atoms with Crippen molar-refractivity contribution < 1.29 is 9.53 Å². The maximum atomic E-state index is 11.5. The van der Waals surface area contributed by atoms with E-state index in [1.54, 1.807) is 19.0 Å². The van der Waals surface area contributed by atoms with Crippen molar-refractivity contribution in [3.63, 3.8) is 0 Å². The first-order chi connectivity index (χ1) is 8.49. The topological polar surface area (TPSA) is 32.8 Å². The summed E-state index contributed by atoms with van der Waals surface area (Å²) in [5.41, 5.74) is 0. The van der Waals surface area contributed by atoms with Gasteiger partial charge in [0.05, 0.1) is 6.54 Å². The van der Waals surface area contributed by atoms with Crippen LogP contribution in [0.4, 0.5) is 0 Å². The zero-order valence-electron chi connectivity index (χ0n) is 11.0. The number of carbonyl (C=O) groups is 1. The lowest BCUT2D eigenvalue weighted by molar-refractivity contribution is -0.129. The van der Waals surface area contributed by atoms with Gasteiger partial charge >= 0.3 is 0 Å². The van der Waals surface area contributed by atoms with Crippen LogP contribution in [0.25, 0.3) is 0 Å². The van der Waals surface area contributed by atoms with E-state index in [-0.39, 0.29) is 5.91 Å². The average molecular weight is 315 g/mol. The number of rotatable bonds is 6. The van der Waals surface area contributed by atoms with Crippen LogP contribution in [0.1, 0.15) is 0 Å². The fraction of sp³-hybridized carbons (Fsp3) is 0.462. The van der Waals surface area contributed by atoms with E-state index in [1.807, 2.05) is 36.2 Å². The summed E-state index contributed by atoms with van der Waals surface area (Å²) < 4.78 is 6.62. The summed E-state index contributed by atoms with van der Waals surface area (Å²) in [6.07, 6.45) is 0. The van der Waals surface area contributed by atoms with E-state index in [4.69, 9.17) is 4.74 Å². The summed E-state index contributed by atoms with van der Waals surface area (Å²) in [4.78, 5) is 15.0. The maximum Gasteiger partial charge on any atom is 0.236 e. The molecule has 0 bridgehead atoms. The Morgan fingerprint density at radius 2 is 1.83 bits per heavy atom. The highest BCUT2D eigenvalue weighted by Crippen LogP contribution is 2.15. The van der Waals surface area contributed by atoms with Gasteiger partial charge in [-0.05, 0) is 31.3 Å². The van der Waals surface area contributed by atoms with Crippen LogP contribution < -0.4 is 4.74 Å². The highest BCUT2D eigenvalue weighted by atomic mass is 79.9. The maximum absolute atomic E-state index is 11.5. The summed E-state index contributed by atoms with van der Waals surface area (Å²) in [5.74, 6) is 0.937. The molecule has 0 saturated carbocycles. The molecule has 0 aliphatic carbocycles. The number of ether oxygens (including phenoxy) is 1. The average Bonchev–Trinajstić information content (AvgIpc) is 2.31. The SMILES string of the molecule is CN(CCOc1ccc(Br)cc1)CC(=O)N(C)C. The van der Waals surface area contributed by atoms with E-state index in [2.05, 4.69) is 15.9 Å². The van der Waals surface area contributed by atoms with Crippen molar-refractivity contribution in [2.45, 2.75) is 0 Å². The van der Waals surface area contributed by atoms with Gasteiger partial charge in [-0.15, -0.1) is 0 Å². The molecular formula is C13H19BrN2O2. The predicted octanol–water partition coefficient (Wildman–Crippen LogP) is 1.85. The first-order valence-corrected chi connectivity index (χ1v) is 6.55. The third kappa shape index (κ3) is 5.51. The lowest BCUT2D eigenvalue weighted by atomic mass is 10.3. The summed E-state index contributed by atoms with van der Waals surface area (Å²) in [7, 11) is 5.43. The van der Waals surface area contributed by atoms with Crippen molar-refractivity contribution in [2.75, 3.05) is 40.8 Å². The molecule has 0 radical (unpaired) electrons. The molecule has 18 heavy (non-hydrogen) atoms. The molecule has 1 rings (SSSR count). The van der Waals surface area contributed by atoms with Crippen molar-refractivity contribution in [1.29, 1.82) is 0 Å². The molecule has 1 aromatic rings. The zero-order valence-corrected chi connectivity index (χ0v) is 12.6. The van der Waals surface area contributed by atoms with Gasteiger partial charge < -0.3 is 9.64 Å². The van der Waals surface area contributed by atoms with Crippen LogP contribution in [0.3, 0.4) is 0 Å². The molecule has 1 aromatic carbocycles. The molecule has 5 heteroatoms. The van der Waals surface area contributed by atoms with E-state index < -0.39 is 0 Å². The van der Waals surface area contributed by atoms with E-state index in [0.29, 0.717) is 13.2 Å². The molecule has 0 unspecified atom stereocenters. The van der Waals surface area contributed by atoms with Gasteiger partial charge in [0.25, 0.3) is 0 Å². The third-order valence-corrected chi connectivity index (χ3v) is 2.99. The Morgan fingerprint density at radius 1 is 1.22 bits per heavy atom. The predicted molar refractivity (Wildman–Crippen MR) is 75.8 cm³/mol. The third-order valence-electron chi connectivity index (χ3n) is 2.46. The van der Waals surface area contributed by atoms with Crippen LogP contribution >= 0.6 is 15.9 Å². The van der Waals surface area contributed by atoms with Crippen LogP contribution in [-0.2, 0) is 4.79 Å². The molecule has 0 aliphatic heterocycles. The van der Waals surface area contributed by atoms with Gasteiger partial charge in [-0.25, -0.2) is 0 Å². The molecule has 0 atom stereocenters. The van der Waals surface area contributed by atoms with Crippen molar-refractivity contribution in [3.05, 3.63) is 28.7 Å². The second kappa shape index (κ2) is 7.38. The Kier molecular flexibility index (Phi) is 6.15. The number of likely N-dealkylation sites (N-methyl/N-ethyl adjacent to an activating group) is 2. The molecule has 0 saturated heterocycles. The van der Waals surface area contributed by atoms with Gasteiger partial charge in [0.1, 0.15) is 12.4 Å². The standard InChI is InChI=1S/C13H19BrN2O2/c1-15(2)13(17)10-16(3)8-9-18-12-6-4-11(14)5-7-12/h4-7H,8-10H2,1-3H3. The van der Waals surface area contributed by atoms with Crippen LogP contribution in [0.2, 0.25) is 0 Å². The van der Waals surface area contributed by atoms with Gasteiger partial charge in [-0.2, -0.15) is 0 Å². The molecule has 1 amide bonds. The summed E-state index contributed by atoms with van der Waals surface area (Å²) in [5, 5.41) is 0. The van der Waals surface area contributed by atoms with Crippen molar-refractivity contribution in [1.82, 2.24) is 9.80 Å². The van der Waals surface area contributed by atoms with E-state index in [1.165, 1.54) is 0 Å². The van der Waals surface area contributed by atoms with Gasteiger partial charge in [0.2, 0.25) is 5.91 Å². The summed E-state index contributed by atoms with van der Waals surface area (Å²) >= 11 is 3.37. The minimum atomic E-state index is 0.0983. The Hall–Kier alpha value is -1.07. The van der Waals surface area contributed by atoms with E-state index in [0.717, 1.165) is 16.8 Å². The highest BCUT2D eigenvalue weighted by molar-refractivity contribution is 9.10. The van der Waals surface area contributed by atoms with Gasteiger partial charge in [-0.3, -0.25) is 9.69 Å². The van der Waals surface area contributed by atoms with Crippen LogP contribution in [0, 0.1) is 0 Å². The number of hydrogen-bond acceptors (Lipinski definition) is 3. The fourth-order valence-corrected chi connectivity index (χ4v) is 1.57. The lowest BCUT2D eigenvalue weighted by Crippen LogP contribution is -2.36. The molecule has 0 aliphatic rings. The Morgan fingerprint density at radius 3 is 2.39 bits per heavy atom. The second-order valence-electron chi connectivity index (χ2n) is 4.33. The fourth-order valence-electron chi connectivity index (χ4n) is 1.30. The normalized spacial score (nSPS) is 10.5. The number of hydrogen-bond donors (Lipinski definition) is 0. The molecule has 0 spiro atoms. The Bertz CT molecular complexity index is 379. The highest BCUT2D eigenvalue weighted by Gasteiger charge is 2.07. The molecular weight excluding hydrogens is 296 g/mol. The number of carbonyl (C=O) groups excluding carboxylic acids is 1. The first-order valence-electron chi connectivity index (χ1n) is 5.76. The number of benzene rings is 1. The van der Waals surface area contributed by atoms with E-state index >= 15 is 0 Å². The minimum absolute atomic E-state index is 0.0983. The van der Waals surface area contributed by atoms with Crippen molar-refractivity contribution >= 4 is 21.8 Å². The summed E-state index contributed by atoms with van der Waals surface area (Å²) in [6.45, 7) is 1.70. The Balaban J connectivity index is 2.25. The van der Waals surface area contributed by atoms with Crippen molar-refractivity contribution in [2.24, 2.45) is 0 Å². The zero-order chi connectivity index (χ0) is 13.5. The smallest absolute Gasteiger partial charge is 0.236 e. The van der Waals surface area contributed by atoms with E-state index in [9.17, 15) is 4.79 Å². The van der Waals surface area contributed by atoms with Crippen LogP contribution in [-0.4, -0.2) is 56.5 Å². The lowest BCUT2D eigenvalue weighted by Gasteiger charge is -2.18. The molecule has 100 valence electrons. The molecule has 0 fully saturated rings.